The first-order chi connectivity index (χ1) is 8.54. The van der Waals surface area contributed by atoms with E-state index in [0.29, 0.717) is 23.2 Å². The minimum atomic E-state index is -0.793. The molecule has 0 radical (unpaired) electrons. The van der Waals surface area contributed by atoms with Crippen molar-refractivity contribution in [3.63, 3.8) is 0 Å². The lowest BCUT2D eigenvalue weighted by Crippen LogP contribution is -1.98. The Morgan fingerprint density at radius 2 is 1.56 bits per heavy atom. The van der Waals surface area contributed by atoms with Crippen molar-refractivity contribution in [2.24, 2.45) is 5.73 Å². The van der Waals surface area contributed by atoms with Crippen LogP contribution in [0.3, 0.4) is 0 Å². The second-order valence-electron chi connectivity index (χ2n) is 4.41. The normalized spacial score (nSPS) is 10.7. The van der Waals surface area contributed by atoms with Crippen LogP contribution in [-0.4, -0.2) is 0 Å². The van der Waals surface area contributed by atoms with Gasteiger partial charge in [0.05, 0.1) is 0 Å². The maximum atomic E-state index is 13.9. The maximum Gasteiger partial charge on any atom is 0.166 e. The van der Waals surface area contributed by atoms with E-state index in [0.717, 1.165) is 11.1 Å². The Morgan fingerprint density at radius 1 is 0.889 bits per heavy atom. The Kier molecular flexibility index (Phi) is 3.43. The largest absolute Gasteiger partial charge is 0.326 e. The van der Waals surface area contributed by atoms with Crippen molar-refractivity contribution in [3.05, 3.63) is 58.7 Å². The fourth-order valence-corrected chi connectivity index (χ4v) is 2.01. The molecule has 0 unspecified atom stereocenters. The van der Waals surface area contributed by atoms with Crippen LogP contribution in [-0.2, 0) is 6.54 Å². The molecule has 3 heteroatoms. The molecule has 2 N–H and O–H groups in total. The van der Waals surface area contributed by atoms with Gasteiger partial charge >= 0.3 is 0 Å². The van der Waals surface area contributed by atoms with Crippen LogP contribution >= 0.6 is 0 Å². The summed E-state index contributed by atoms with van der Waals surface area (Å²) >= 11 is 0. The smallest absolute Gasteiger partial charge is 0.166 e. The van der Waals surface area contributed by atoms with Gasteiger partial charge < -0.3 is 5.73 Å². The summed E-state index contributed by atoms with van der Waals surface area (Å²) < 4.78 is 27.5. The Hall–Kier alpha value is -1.74. The van der Waals surface area contributed by atoms with Gasteiger partial charge in [0.1, 0.15) is 0 Å². The zero-order valence-corrected chi connectivity index (χ0v) is 10.4. The fourth-order valence-electron chi connectivity index (χ4n) is 2.01. The lowest BCUT2D eigenvalue weighted by atomic mass is 9.97. The third-order valence-corrected chi connectivity index (χ3v) is 3.09. The molecular formula is C15H15F2N. The topological polar surface area (TPSA) is 26.0 Å². The molecule has 0 aliphatic carbocycles. The van der Waals surface area contributed by atoms with E-state index in [2.05, 4.69) is 0 Å². The van der Waals surface area contributed by atoms with Crippen molar-refractivity contribution in [1.29, 1.82) is 0 Å². The van der Waals surface area contributed by atoms with Gasteiger partial charge in [0.15, 0.2) is 11.6 Å². The first-order valence-electron chi connectivity index (χ1n) is 5.79. The molecule has 0 aliphatic heterocycles. The summed E-state index contributed by atoms with van der Waals surface area (Å²) in [6, 6.07) is 8.71. The molecule has 0 spiro atoms. The standard InChI is InChI=1S/C15H15F2N/c1-9-3-5-13(15(17)14(9)16)12-6-4-11(8-18)7-10(12)2/h3-7H,8,18H2,1-2H3. The van der Waals surface area contributed by atoms with Crippen LogP contribution in [0.2, 0.25) is 0 Å². The predicted octanol–water partition coefficient (Wildman–Crippen LogP) is 3.71. The van der Waals surface area contributed by atoms with Crippen molar-refractivity contribution in [2.45, 2.75) is 20.4 Å². The van der Waals surface area contributed by atoms with Crippen LogP contribution in [0.15, 0.2) is 30.3 Å². The molecule has 0 saturated carbocycles. The summed E-state index contributed by atoms with van der Waals surface area (Å²) in [4.78, 5) is 0. The molecule has 0 aromatic heterocycles. The van der Waals surface area contributed by atoms with Gasteiger partial charge in [-0.2, -0.15) is 0 Å². The first kappa shape index (κ1) is 12.7. The third-order valence-electron chi connectivity index (χ3n) is 3.09. The van der Waals surface area contributed by atoms with Gasteiger partial charge in [0.2, 0.25) is 0 Å². The number of aryl methyl sites for hydroxylation is 2. The molecule has 0 aliphatic rings. The van der Waals surface area contributed by atoms with Crippen LogP contribution in [0, 0.1) is 25.5 Å². The number of nitrogens with two attached hydrogens (primary N) is 1. The number of halogens is 2. The van der Waals surface area contributed by atoms with Crippen LogP contribution in [0.25, 0.3) is 11.1 Å². The molecule has 1 nitrogen and oxygen atoms in total. The van der Waals surface area contributed by atoms with E-state index < -0.39 is 11.6 Å². The molecule has 0 bridgehead atoms. The van der Waals surface area contributed by atoms with E-state index in [4.69, 9.17) is 5.73 Å². The summed E-state index contributed by atoms with van der Waals surface area (Å²) in [5.41, 5.74) is 8.71. The predicted molar refractivity (Wildman–Crippen MR) is 69.2 cm³/mol. The number of benzene rings is 2. The van der Waals surface area contributed by atoms with E-state index in [1.807, 2.05) is 19.1 Å². The second-order valence-corrected chi connectivity index (χ2v) is 4.41. The van der Waals surface area contributed by atoms with Crippen molar-refractivity contribution in [2.75, 3.05) is 0 Å². The van der Waals surface area contributed by atoms with Crippen LogP contribution < -0.4 is 5.73 Å². The summed E-state index contributed by atoms with van der Waals surface area (Å²) in [5, 5.41) is 0. The van der Waals surface area contributed by atoms with Gasteiger partial charge in [-0.3, -0.25) is 0 Å². The zero-order chi connectivity index (χ0) is 13.3. The zero-order valence-electron chi connectivity index (χ0n) is 10.4. The molecule has 18 heavy (non-hydrogen) atoms. The maximum absolute atomic E-state index is 13.9. The lowest BCUT2D eigenvalue weighted by Gasteiger charge is -2.10. The Bertz CT molecular complexity index is 591. The molecule has 0 saturated heterocycles. The van der Waals surface area contributed by atoms with Crippen molar-refractivity contribution in [3.8, 4) is 11.1 Å². The fraction of sp³-hybridized carbons (Fsp3) is 0.200. The average Bonchev–Trinajstić information content (AvgIpc) is 2.37. The molecule has 0 heterocycles. The second kappa shape index (κ2) is 4.86. The number of hydrogen-bond acceptors (Lipinski definition) is 1. The van der Waals surface area contributed by atoms with Crippen LogP contribution in [0.5, 0.6) is 0 Å². The van der Waals surface area contributed by atoms with Gasteiger partial charge in [0.25, 0.3) is 0 Å². The minimum Gasteiger partial charge on any atom is -0.326 e. The van der Waals surface area contributed by atoms with Crippen molar-refractivity contribution < 1.29 is 8.78 Å². The molecule has 0 amide bonds. The molecule has 94 valence electrons. The third kappa shape index (κ3) is 2.14. The average molecular weight is 247 g/mol. The Labute approximate surface area is 105 Å². The lowest BCUT2D eigenvalue weighted by molar-refractivity contribution is 0.505. The number of hydrogen-bond donors (Lipinski definition) is 1. The van der Waals surface area contributed by atoms with Gasteiger partial charge in [-0.25, -0.2) is 8.78 Å². The van der Waals surface area contributed by atoms with E-state index in [9.17, 15) is 8.78 Å². The highest BCUT2D eigenvalue weighted by molar-refractivity contribution is 5.68. The van der Waals surface area contributed by atoms with Gasteiger partial charge in [0, 0.05) is 12.1 Å². The van der Waals surface area contributed by atoms with E-state index in [-0.39, 0.29) is 0 Å². The molecular weight excluding hydrogens is 232 g/mol. The summed E-state index contributed by atoms with van der Waals surface area (Å²) in [6.45, 7) is 3.85. The highest BCUT2D eigenvalue weighted by Gasteiger charge is 2.13. The number of rotatable bonds is 2. The van der Waals surface area contributed by atoms with Crippen molar-refractivity contribution >= 4 is 0 Å². The highest BCUT2D eigenvalue weighted by Crippen LogP contribution is 2.29. The van der Waals surface area contributed by atoms with E-state index >= 15 is 0 Å². The quantitative estimate of drug-likeness (QED) is 0.860. The molecule has 2 aromatic rings. The summed E-state index contributed by atoms with van der Waals surface area (Å²) in [6.07, 6.45) is 0. The summed E-state index contributed by atoms with van der Waals surface area (Å²) in [5.74, 6) is -1.58. The van der Waals surface area contributed by atoms with Gasteiger partial charge in [-0.1, -0.05) is 30.3 Å². The van der Waals surface area contributed by atoms with Crippen LogP contribution in [0.1, 0.15) is 16.7 Å². The molecule has 0 atom stereocenters. The molecule has 2 rings (SSSR count). The van der Waals surface area contributed by atoms with Crippen molar-refractivity contribution in [1.82, 2.24) is 0 Å². The highest BCUT2D eigenvalue weighted by atomic mass is 19.2. The Morgan fingerprint density at radius 3 is 2.17 bits per heavy atom. The van der Waals surface area contributed by atoms with Gasteiger partial charge in [-0.05, 0) is 36.1 Å². The van der Waals surface area contributed by atoms with E-state index in [1.54, 1.807) is 25.1 Å². The Balaban J connectivity index is 2.59. The molecule has 2 aromatic carbocycles. The SMILES string of the molecule is Cc1cc(CN)ccc1-c1ccc(C)c(F)c1F. The minimum absolute atomic E-state index is 0.291. The molecule has 0 fully saturated rings. The monoisotopic (exact) mass is 247 g/mol. The summed E-state index contributed by atoms with van der Waals surface area (Å²) in [7, 11) is 0. The van der Waals surface area contributed by atoms with Crippen LogP contribution in [0.4, 0.5) is 8.78 Å². The van der Waals surface area contributed by atoms with Gasteiger partial charge in [-0.15, -0.1) is 0 Å². The van der Waals surface area contributed by atoms with E-state index in [1.165, 1.54) is 0 Å². The first-order valence-corrected chi connectivity index (χ1v) is 5.79.